The summed E-state index contributed by atoms with van der Waals surface area (Å²) >= 11 is 0. The Labute approximate surface area is 121 Å². The van der Waals surface area contributed by atoms with E-state index in [9.17, 15) is 21.6 Å². The number of hydrogen-bond acceptors (Lipinski definition) is 4. The van der Waals surface area contributed by atoms with Crippen LogP contribution in [0.5, 0.6) is 5.75 Å². The Morgan fingerprint density at radius 3 is 2.52 bits per heavy atom. The minimum absolute atomic E-state index is 0.136. The summed E-state index contributed by atoms with van der Waals surface area (Å²) in [6.07, 6.45) is -5.60. The van der Waals surface area contributed by atoms with Gasteiger partial charge in [0, 0.05) is 13.0 Å². The van der Waals surface area contributed by atoms with E-state index in [1.807, 2.05) is 0 Å². The van der Waals surface area contributed by atoms with Gasteiger partial charge in [-0.15, -0.1) is 0 Å². The van der Waals surface area contributed by atoms with Crippen molar-refractivity contribution in [2.24, 2.45) is 0 Å². The smallest absolute Gasteiger partial charge is 0.389 e. The van der Waals surface area contributed by atoms with Crippen molar-refractivity contribution < 1.29 is 26.3 Å². The van der Waals surface area contributed by atoms with E-state index < -0.39 is 22.6 Å². The van der Waals surface area contributed by atoms with Crippen molar-refractivity contribution >= 4 is 15.7 Å². The van der Waals surface area contributed by atoms with Crippen LogP contribution in [-0.4, -0.2) is 33.5 Å². The topological polar surface area (TPSA) is 81.4 Å². The van der Waals surface area contributed by atoms with Gasteiger partial charge in [0.25, 0.3) is 0 Å². The Kier molecular flexibility index (Phi) is 6.28. The van der Waals surface area contributed by atoms with Gasteiger partial charge in [0.1, 0.15) is 12.4 Å². The summed E-state index contributed by atoms with van der Waals surface area (Å²) in [5.41, 5.74) is 6.00. The first-order chi connectivity index (χ1) is 9.70. The fourth-order valence-corrected chi connectivity index (χ4v) is 2.36. The number of nitrogens with one attached hydrogen (secondary N) is 1. The van der Waals surface area contributed by atoms with Gasteiger partial charge >= 0.3 is 6.18 Å². The second-order valence-corrected chi connectivity index (χ2v) is 6.24. The molecule has 0 aliphatic rings. The predicted octanol–water partition coefficient (Wildman–Crippen LogP) is 1.91. The third-order valence-electron chi connectivity index (χ3n) is 2.49. The number of ether oxygens (including phenoxy) is 1. The van der Waals surface area contributed by atoms with Crippen LogP contribution in [0, 0.1) is 0 Å². The van der Waals surface area contributed by atoms with E-state index in [4.69, 9.17) is 10.5 Å². The fraction of sp³-hybridized carbons (Fsp3) is 0.500. The SMILES string of the molecule is Nc1ccccc1OCCS(=O)(=O)NCCCC(F)(F)F. The second-order valence-electron chi connectivity index (χ2n) is 4.32. The summed E-state index contributed by atoms with van der Waals surface area (Å²) in [6, 6.07) is 6.61. The van der Waals surface area contributed by atoms with Crippen molar-refractivity contribution in [2.75, 3.05) is 24.6 Å². The lowest BCUT2D eigenvalue weighted by Crippen LogP contribution is -2.30. The lowest BCUT2D eigenvalue weighted by Gasteiger charge is -2.10. The molecule has 0 radical (unpaired) electrons. The molecule has 5 nitrogen and oxygen atoms in total. The van der Waals surface area contributed by atoms with Crippen molar-refractivity contribution in [3.05, 3.63) is 24.3 Å². The molecule has 0 aliphatic carbocycles. The number of nitrogens with two attached hydrogens (primary N) is 1. The number of anilines is 1. The molecule has 0 saturated heterocycles. The van der Waals surface area contributed by atoms with Crippen molar-refractivity contribution in [2.45, 2.75) is 19.0 Å². The molecule has 0 saturated carbocycles. The van der Waals surface area contributed by atoms with Gasteiger partial charge in [-0.1, -0.05) is 12.1 Å². The van der Waals surface area contributed by atoms with Crippen molar-refractivity contribution in [1.82, 2.24) is 4.72 Å². The van der Waals surface area contributed by atoms with Crippen LogP contribution in [0.4, 0.5) is 18.9 Å². The Bertz CT molecular complexity index is 547. The van der Waals surface area contributed by atoms with Gasteiger partial charge in [-0.05, 0) is 18.6 Å². The van der Waals surface area contributed by atoms with E-state index in [0.717, 1.165) is 0 Å². The van der Waals surface area contributed by atoms with E-state index in [-0.39, 0.29) is 25.3 Å². The summed E-state index contributed by atoms with van der Waals surface area (Å²) in [6.45, 7) is -0.391. The van der Waals surface area contributed by atoms with Crippen molar-refractivity contribution in [3.8, 4) is 5.75 Å². The molecule has 0 amide bonds. The van der Waals surface area contributed by atoms with E-state index >= 15 is 0 Å². The fourth-order valence-electron chi connectivity index (χ4n) is 1.46. The molecule has 1 aromatic carbocycles. The monoisotopic (exact) mass is 326 g/mol. The molecular weight excluding hydrogens is 309 g/mol. The highest BCUT2D eigenvalue weighted by molar-refractivity contribution is 7.89. The van der Waals surface area contributed by atoms with Crippen molar-refractivity contribution in [3.63, 3.8) is 0 Å². The van der Waals surface area contributed by atoms with E-state index in [1.54, 1.807) is 24.3 Å². The van der Waals surface area contributed by atoms with Crippen LogP contribution in [0.25, 0.3) is 0 Å². The van der Waals surface area contributed by atoms with E-state index in [2.05, 4.69) is 4.72 Å². The zero-order chi connectivity index (χ0) is 15.9. The molecule has 0 bridgehead atoms. The van der Waals surface area contributed by atoms with Gasteiger partial charge in [-0.25, -0.2) is 13.1 Å². The number of rotatable bonds is 8. The lowest BCUT2D eigenvalue weighted by molar-refractivity contribution is -0.135. The number of para-hydroxylation sites is 2. The summed E-state index contributed by atoms with van der Waals surface area (Å²) < 4.78 is 66.0. The van der Waals surface area contributed by atoms with Gasteiger partial charge in [0.2, 0.25) is 10.0 Å². The average molecular weight is 326 g/mol. The molecule has 0 aliphatic heterocycles. The summed E-state index contributed by atoms with van der Waals surface area (Å²) in [4.78, 5) is 0. The Hall–Kier alpha value is -1.48. The third-order valence-corrected chi connectivity index (χ3v) is 3.84. The number of hydrogen-bond donors (Lipinski definition) is 2. The molecule has 0 aromatic heterocycles. The van der Waals surface area contributed by atoms with Crippen LogP contribution < -0.4 is 15.2 Å². The Morgan fingerprint density at radius 1 is 1.24 bits per heavy atom. The highest BCUT2D eigenvalue weighted by Gasteiger charge is 2.26. The Morgan fingerprint density at radius 2 is 1.90 bits per heavy atom. The van der Waals surface area contributed by atoms with Crippen LogP contribution in [0.15, 0.2) is 24.3 Å². The summed E-state index contributed by atoms with van der Waals surface area (Å²) in [5, 5.41) is 0. The maximum atomic E-state index is 11.9. The van der Waals surface area contributed by atoms with Crippen LogP contribution >= 0.6 is 0 Å². The number of nitrogen functional groups attached to an aromatic ring is 1. The number of alkyl halides is 3. The lowest BCUT2D eigenvalue weighted by atomic mass is 10.3. The molecule has 0 unspecified atom stereocenters. The molecule has 3 N–H and O–H groups in total. The maximum Gasteiger partial charge on any atom is 0.389 e. The largest absolute Gasteiger partial charge is 0.490 e. The highest BCUT2D eigenvalue weighted by Crippen LogP contribution is 2.21. The molecule has 0 atom stereocenters. The Balaban J connectivity index is 2.29. The predicted molar refractivity (Wildman–Crippen MR) is 73.4 cm³/mol. The summed E-state index contributed by atoms with van der Waals surface area (Å²) in [5.74, 6) is 0.0117. The zero-order valence-electron chi connectivity index (χ0n) is 11.2. The van der Waals surface area contributed by atoms with Crippen molar-refractivity contribution in [1.29, 1.82) is 0 Å². The quantitative estimate of drug-likeness (QED) is 0.565. The van der Waals surface area contributed by atoms with E-state index in [1.165, 1.54) is 0 Å². The van der Waals surface area contributed by atoms with Crippen LogP contribution in [0.1, 0.15) is 12.8 Å². The van der Waals surface area contributed by atoms with Gasteiger partial charge in [-0.2, -0.15) is 13.2 Å². The molecular formula is C12H17F3N2O3S. The normalized spacial score (nSPS) is 12.3. The number of benzene rings is 1. The van der Waals surface area contributed by atoms with Crippen LogP contribution in [-0.2, 0) is 10.0 Å². The second kappa shape index (κ2) is 7.51. The van der Waals surface area contributed by atoms with Crippen LogP contribution in [0.2, 0.25) is 0 Å². The molecule has 9 heteroatoms. The first-order valence-corrected chi connectivity index (χ1v) is 7.86. The molecule has 0 heterocycles. The molecule has 1 aromatic rings. The number of halogens is 3. The number of sulfonamides is 1. The van der Waals surface area contributed by atoms with Gasteiger partial charge < -0.3 is 10.5 Å². The van der Waals surface area contributed by atoms with Gasteiger partial charge in [0.05, 0.1) is 11.4 Å². The first-order valence-electron chi connectivity index (χ1n) is 6.21. The molecule has 1 rings (SSSR count). The van der Waals surface area contributed by atoms with E-state index in [0.29, 0.717) is 11.4 Å². The van der Waals surface area contributed by atoms with Gasteiger partial charge in [0.15, 0.2) is 0 Å². The maximum absolute atomic E-state index is 11.9. The molecule has 120 valence electrons. The minimum atomic E-state index is -4.28. The van der Waals surface area contributed by atoms with Gasteiger partial charge in [-0.3, -0.25) is 0 Å². The molecule has 21 heavy (non-hydrogen) atoms. The zero-order valence-corrected chi connectivity index (χ0v) is 12.0. The molecule has 0 fully saturated rings. The average Bonchev–Trinajstić information content (AvgIpc) is 2.36. The van der Waals surface area contributed by atoms with Crippen LogP contribution in [0.3, 0.4) is 0 Å². The highest BCUT2D eigenvalue weighted by atomic mass is 32.2. The summed E-state index contributed by atoms with van der Waals surface area (Å²) in [7, 11) is -3.67. The first kappa shape index (κ1) is 17.6. The third kappa shape index (κ3) is 7.76. The minimum Gasteiger partial charge on any atom is -0.490 e. The standard InChI is InChI=1S/C12H17F3N2O3S/c13-12(14,15)6-3-7-17-21(18,19)9-8-20-11-5-2-1-4-10(11)16/h1-2,4-5,17H,3,6-9,16H2. The molecule has 0 spiro atoms.